The number of hydrogen-bond acceptors (Lipinski definition) is 2. The van der Waals surface area contributed by atoms with Gasteiger partial charge in [0.2, 0.25) is 0 Å². The predicted octanol–water partition coefficient (Wildman–Crippen LogP) is 1.37. The van der Waals surface area contributed by atoms with Crippen LogP contribution in [-0.2, 0) is 9.53 Å². The van der Waals surface area contributed by atoms with Gasteiger partial charge in [-0.25, -0.2) is 0 Å². The third-order valence-corrected chi connectivity index (χ3v) is 3.88. The number of carbonyl (C=O) groups is 1. The summed E-state index contributed by atoms with van der Waals surface area (Å²) in [4.78, 5) is 11.4. The van der Waals surface area contributed by atoms with Crippen molar-refractivity contribution in [1.82, 2.24) is 0 Å². The zero-order valence-corrected chi connectivity index (χ0v) is 7.12. The highest BCUT2D eigenvalue weighted by atomic mass is 16.5. The maximum Gasteiger partial charge on any atom is 0.310 e. The van der Waals surface area contributed by atoms with Crippen LogP contribution >= 0.6 is 0 Å². The maximum absolute atomic E-state index is 11.4. The Bertz CT molecular complexity index is 282. The monoisotopic (exact) mass is 164 g/mol. The van der Waals surface area contributed by atoms with Crippen molar-refractivity contribution in [2.24, 2.45) is 23.2 Å². The molecular formula is C10H12O2. The second kappa shape index (κ2) is 1.76. The molecule has 2 fully saturated rings. The molecule has 3 aliphatic rings. The Morgan fingerprint density at radius 2 is 2.42 bits per heavy atom. The number of cyclic esters (lactones) is 1. The summed E-state index contributed by atoms with van der Waals surface area (Å²) in [5, 5.41) is 0. The third-order valence-electron chi connectivity index (χ3n) is 3.88. The summed E-state index contributed by atoms with van der Waals surface area (Å²) in [5.74, 6) is 1.29. The van der Waals surface area contributed by atoms with Crippen LogP contribution in [0.1, 0.15) is 13.3 Å². The van der Waals surface area contributed by atoms with E-state index >= 15 is 0 Å². The molecule has 1 heterocycles. The van der Waals surface area contributed by atoms with Crippen molar-refractivity contribution in [3.63, 3.8) is 0 Å². The van der Waals surface area contributed by atoms with Crippen LogP contribution in [-0.4, -0.2) is 12.6 Å². The van der Waals surface area contributed by atoms with Crippen LogP contribution in [0.15, 0.2) is 12.2 Å². The quantitative estimate of drug-likeness (QED) is 0.399. The van der Waals surface area contributed by atoms with Gasteiger partial charge in [0.25, 0.3) is 0 Å². The number of carbonyl (C=O) groups excluding carboxylic acids is 1. The molecule has 64 valence electrons. The standard InChI is InChI=1S/C10H12O2/c1-10-5-12-9(11)8(10)6-2-3-7(10)4-6/h2-3,6-8H,4-5H2,1H3. The van der Waals surface area contributed by atoms with E-state index in [9.17, 15) is 4.79 Å². The van der Waals surface area contributed by atoms with Crippen LogP contribution in [0.5, 0.6) is 0 Å². The number of fused-ring (bicyclic) bond motifs is 5. The zero-order valence-electron chi connectivity index (χ0n) is 7.12. The van der Waals surface area contributed by atoms with Gasteiger partial charge in [-0.3, -0.25) is 4.79 Å². The molecule has 0 spiro atoms. The fourth-order valence-corrected chi connectivity index (χ4v) is 3.14. The summed E-state index contributed by atoms with van der Waals surface area (Å²) in [6.45, 7) is 2.83. The van der Waals surface area contributed by atoms with Crippen molar-refractivity contribution >= 4 is 5.97 Å². The Morgan fingerprint density at radius 1 is 1.58 bits per heavy atom. The molecule has 0 aromatic heterocycles. The van der Waals surface area contributed by atoms with E-state index in [4.69, 9.17) is 4.74 Å². The number of allylic oxidation sites excluding steroid dienone is 2. The van der Waals surface area contributed by atoms with E-state index in [1.807, 2.05) is 0 Å². The molecule has 12 heavy (non-hydrogen) atoms. The summed E-state index contributed by atoms with van der Waals surface area (Å²) < 4.78 is 5.12. The fraction of sp³-hybridized carbons (Fsp3) is 0.700. The van der Waals surface area contributed by atoms with Gasteiger partial charge < -0.3 is 4.74 Å². The first kappa shape index (κ1) is 6.70. The van der Waals surface area contributed by atoms with E-state index < -0.39 is 0 Å². The molecule has 0 aromatic carbocycles. The van der Waals surface area contributed by atoms with E-state index in [1.165, 1.54) is 6.42 Å². The first-order chi connectivity index (χ1) is 5.72. The Hall–Kier alpha value is -0.790. The summed E-state index contributed by atoms with van der Waals surface area (Å²) >= 11 is 0. The normalized spacial score (nSPS) is 54.4. The summed E-state index contributed by atoms with van der Waals surface area (Å²) in [5.41, 5.74) is 0.135. The van der Waals surface area contributed by atoms with Crippen molar-refractivity contribution in [1.29, 1.82) is 0 Å². The van der Waals surface area contributed by atoms with E-state index in [0.717, 1.165) is 0 Å². The van der Waals surface area contributed by atoms with Gasteiger partial charge in [-0.05, 0) is 18.3 Å². The molecule has 2 nitrogen and oxygen atoms in total. The van der Waals surface area contributed by atoms with Crippen LogP contribution in [0.25, 0.3) is 0 Å². The van der Waals surface area contributed by atoms with Crippen LogP contribution in [0.4, 0.5) is 0 Å². The SMILES string of the molecule is CC12COC(=O)C1C1C=CC2C1. The molecule has 0 aromatic rings. The lowest BCUT2D eigenvalue weighted by molar-refractivity contribution is -0.142. The molecule has 0 N–H and O–H groups in total. The highest BCUT2D eigenvalue weighted by Gasteiger charge is 2.60. The van der Waals surface area contributed by atoms with Crippen molar-refractivity contribution in [2.45, 2.75) is 13.3 Å². The molecule has 3 rings (SSSR count). The molecule has 1 saturated carbocycles. The number of esters is 1. The van der Waals surface area contributed by atoms with Crippen LogP contribution in [0, 0.1) is 23.2 Å². The van der Waals surface area contributed by atoms with Gasteiger partial charge in [0.05, 0.1) is 12.5 Å². The first-order valence-corrected chi connectivity index (χ1v) is 4.57. The molecule has 4 atom stereocenters. The molecule has 1 saturated heterocycles. The minimum absolute atomic E-state index is 0.0364. The second-order valence-electron chi connectivity index (χ2n) is 4.48. The van der Waals surface area contributed by atoms with Gasteiger partial charge in [-0.15, -0.1) is 0 Å². The van der Waals surface area contributed by atoms with Crippen LogP contribution in [0.2, 0.25) is 0 Å². The molecule has 4 unspecified atom stereocenters. The summed E-state index contributed by atoms with van der Waals surface area (Å²) in [6, 6.07) is 0. The van der Waals surface area contributed by atoms with Gasteiger partial charge in [-0.2, -0.15) is 0 Å². The lowest BCUT2D eigenvalue weighted by atomic mass is 9.72. The largest absolute Gasteiger partial charge is 0.465 e. The molecule has 2 bridgehead atoms. The average molecular weight is 164 g/mol. The van der Waals surface area contributed by atoms with Gasteiger partial charge in [0.1, 0.15) is 0 Å². The number of hydrogen-bond donors (Lipinski definition) is 0. The number of ether oxygens (including phenoxy) is 1. The van der Waals surface area contributed by atoms with E-state index in [-0.39, 0.29) is 17.3 Å². The first-order valence-electron chi connectivity index (χ1n) is 4.57. The third kappa shape index (κ3) is 0.530. The molecule has 0 radical (unpaired) electrons. The van der Waals surface area contributed by atoms with Crippen LogP contribution < -0.4 is 0 Å². The van der Waals surface area contributed by atoms with Gasteiger partial charge >= 0.3 is 5.97 Å². The van der Waals surface area contributed by atoms with Crippen molar-refractivity contribution < 1.29 is 9.53 Å². The van der Waals surface area contributed by atoms with Gasteiger partial charge in [-0.1, -0.05) is 19.1 Å². The maximum atomic E-state index is 11.4. The van der Waals surface area contributed by atoms with E-state index in [2.05, 4.69) is 19.1 Å². The summed E-state index contributed by atoms with van der Waals surface area (Å²) in [6.07, 6.45) is 5.64. The highest BCUT2D eigenvalue weighted by molar-refractivity contribution is 5.77. The number of rotatable bonds is 0. The van der Waals surface area contributed by atoms with Gasteiger partial charge in [0.15, 0.2) is 0 Å². The van der Waals surface area contributed by atoms with Crippen LogP contribution in [0.3, 0.4) is 0 Å². The topological polar surface area (TPSA) is 26.3 Å². The lowest BCUT2D eigenvalue weighted by Crippen LogP contribution is -2.31. The Labute approximate surface area is 71.6 Å². The summed E-state index contributed by atoms with van der Waals surface area (Å²) in [7, 11) is 0. The molecule has 1 aliphatic heterocycles. The Balaban J connectivity index is 2.10. The molecule has 2 heteroatoms. The second-order valence-corrected chi connectivity index (χ2v) is 4.48. The molecule has 0 amide bonds. The van der Waals surface area contributed by atoms with Gasteiger partial charge in [0, 0.05) is 5.41 Å². The average Bonchev–Trinajstić information content (AvgIpc) is 2.63. The predicted molar refractivity (Wildman–Crippen MR) is 43.3 cm³/mol. The fourth-order valence-electron chi connectivity index (χ4n) is 3.14. The molecule has 2 aliphatic carbocycles. The minimum atomic E-state index is 0.0364. The minimum Gasteiger partial charge on any atom is -0.465 e. The molecular weight excluding hydrogens is 152 g/mol. The lowest BCUT2D eigenvalue weighted by Gasteiger charge is -2.27. The Morgan fingerprint density at radius 3 is 3.17 bits per heavy atom. The van der Waals surface area contributed by atoms with E-state index in [0.29, 0.717) is 18.4 Å². The smallest absolute Gasteiger partial charge is 0.310 e. The van der Waals surface area contributed by atoms with E-state index in [1.54, 1.807) is 0 Å². The Kier molecular flexibility index (Phi) is 0.980. The zero-order chi connectivity index (χ0) is 8.34. The van der Waals surface area contributed by atoms with Crippen molar-refractivity contribution in [3.05, 3.63) is 12.2 Å². The highest BCUT2D eigenvalue weighted by Crippen LogP contribution is 2.59. The van der Waals surface area contributed by atoms with Crippen molar-refractivity contribution in [2.75, 3.05) is 6.61 Å². The van der Waals surface area contributed by atoms with Crippen molar-refractivity contribution in [3.8, 4) is 0 Å².